The predicted molar refractivity (Wildman–Crippen MR) is 114 cm³/mol. The Kier molecular flexibility index (Phi) is 5.16. The quantitative estimate of drug-likeness (QED) is 0.387. The SMILES string of the molecule is COc1cccc(/C=N\NC(=O)CCn2c3ccccc3c3ccccc32)c1O. The van der Waals surface area contributed by atoms with Crippen molar-refractivity contribution in [2.24, 2.45) is 5.10 Å². The topological polar surface area (TPSA) is 75.8 Å². The van der Waals surface area contributed by atoms with Gasteiger partial charge in [0.05, 0.1) is 13.3 Å². The minimum absolute atomic E-state index is 0.0155. The lowest BCUT2D eigenvalue weighted by molar-refractivity contribution is -0.121. The number of para-hydroxylation sites is 3. The zero-order chi connectivity index (χ0) is 20.2. The summed E-state index contributed by atoms with van der Waals surface area (Å²) >= 11 is 0. The number of hydrogen-bond donors (Lipinski definition) is 2. The summed E-state index contributed by atoms with van der Waals surface area (Å²) in [5.74, 6) is 0.135. The highest BCUT2D eigenvalue weighted by Gasteiger charge is 2.11. The van der Waals surface area contributed by atoms with Crippen LogP contribution in [0.5, 0.6) is 11.5 Å². The van der Waals surface area contributed by atoms with E-state index in [0.717, 1.165) is 11.0 Å². The van der Waals surface area contributed by atoms with E-state index in [1.807, 2.05) is 24.3 Å². The molecule has 146 valence electrons. The fourth-order valence-electron chi connectivity index (χ4n) is 3.50. The summed E-state index contributed by atoms with van der Waals surface area (Å²) < 4.78 is 7.22. The lowest BCUT2D eigenvalue weighted by atomic mass is 10.2. The Balaban J connectivity index is 1.46. The van der Waals surface area contributed by atoms with Gasteiger partial charge in [0.15, 0.2) is 11.5 Å². The number of ether oxygens (including phenoxy) is 1. The van der Waals surface area contributed by atoms with Crippen LogP contribution in [0.25, 0.3) is 21.8 Å². The van der Waals surface area contributed by atoms with Crippen LogP contribution in [0.15, 0.2) is 71.8 Å². The van der Waals surface area contributed by atoms with Crippen molar-refractivity contribution in [3.05, 3.63) is 72.3 Å². The van der Waals surface area contributed by atoms with Crippen LogP contribution in [-0.2, 0) is 11.3 Å². The number of aromatic nitrogens is 1. The number of phenolic OH excluding ortho intramolecular Hbond substituents is 1. The van der Waals surface area contributed by atoms with Crippen molar-refractivity contribution in [1.82, 2.24) is 9.99 Å². The zero-order valence-corrected chi connectivity index (χ0v) is 16.0. The van der Waals surface area contributed by atoms with Gasteiger partial charge in [-0.1, -0.05) is 42.5 Å². The Morgan fingerprint density at radius 3 is 2.34 bits per heavy atom. The molecule has 1 amide bonds. The molecular weight excluding hydrogens is 366 g/mol. The zero-order valence-electron chi connectivity index (χ0n) is 16.0. The van der Waals surface area contributed by atoms with Gasteiger partial charge in [-0.25, -0.2) is 5.43 Å². The number of hydrogen-bond acceptors (Lipinski definition) is 4. The van der Waals surface area contributed by atoms with E-state index in [9.17, 15) is 9.90 Å². The number of carbonyl (C=O) groups excluding carboxylic acids is 1. The number of rotatable bonds is 6. The highest BCUT2D eigenvalue weighted by molar-refractivity contribution is 6.08. The third kappa shape index (κ3) is 3.65. The predicted octanol–water partition coefficient (Wildman–Crippen LogP) is 4.05. The second-order valence-electron chi connectivity index (χ2n) is 6.63. The summed E-state index contributed by atoms with van der Waals surface area (Å²) in [7, 11) is 1.48. The largest absolute Gasteiger partial charge is 0.504 e. The number of aryl methyl sites for hydroxylation is 1. The summed E-state index contributed by atoms with van der Waals surface area (Å²) in [6.07, 6.45) is 1.68. The van der Waals surface area contributed by atoms with Gasteiger partial charge in [-0.3, -0.25) is 4.79 Å². The van der Waals surface area contributed by atoms with Gasteiger partial charge < -0.3 is 14.4 Å². The van der Waals surface area contributed by atoms with Crippen molar-refractivity contribution in [2.45, 2.75) is 13.0 Å². The average molecular weight is 387 g/mol. The Morgan fingerprint density at radius 2 is 1.69 bits per heavy atom. The van der Waals surface area contributed by atoms with Crippen LogP contribution in [-0.4, -0.2) is 28.9 Å². The summed E-state index contributed by atoms with van der Waals surface area (Å²) in [6.45, 7) is 0.541. The number of methoxy groups -OCH3 is 1. The molecule has 3 aromatic carbocycles. The molecule has 4 aromatic rings. The first-order valence-electron chi connectivity index (χ1n) is 9.33. The van der Waals surface area contributed by atoms with E-state index in [1.165, 1.54) is 24.1 Å². The van der Waals surface area contributed by atoms with Crippen molar-refractivity contribution in [2.75, 3.05) is 7.11 Å². The third-order valence-electron chi connectivity index (χ3n) is 4.89. The number of phenols is 1. The van der Waals surface area contributed by atoms with E-state index in [0.29, 0.717) is 17.9 Å². The minimum Gasteiger partial charge on any atom is -0.504 e. The summed E-state index contributed by atoms with van der Waals surface area (Å²) in [6, 6.07) is 21.5. The molecule has 0 spiro atoms. The number of fused-ring (bicyclic) bond motifs is 3. The monoisotopic (exact) mass is 387 g/mol. The number of aromatic hydroxyl groups is 1. The molecule has 6 heteroatoms. The highest BCUT2D eigenvalue weighted by atomic mass is 16.5. The molecule has 0 radical (unpaired) electrons. The van der Waals surface area contributed by atoms with Crippen LogP contribution in [0.2, 0.25) is 0 Å². The molecule has 1 aromatic heterocycles. The molecule has 0 unspecified atom stereocenters. The standard InChI is InChI=1S/C23H21N3O3/c1-29-21-12-6-7-16(23(21)28)15-24-25-22(27)13-14-26-19-10-4-2-8-17(19)18-9-3-5-11-20(18)26/h2-12,15,28H,13-14H2,1H3,(H,25,27)/b24-15-. The van der Waals surface area contributed by atoms with Crippen LogP contribution in [0.4, 0.5) is 0 Å². The molecule has 0 atom stereocenters. The Morgan fingerprint density at radius 1 is 1.03 bits per heavy atom. The summed E-state index contributed by atoms with van der Waals surface area (Å²) in [5.41, 5.74) is 5.19. The minimum atomic E-state index is -0.203. The second-order valence-corrected chi connectivity index (χ2v) is 6.63. The summed E-state index contributed by atoms with van der Waals surface area (Å²) in [4.78, 5) is 12.3. The number of hydrazone groups is 1. The average Bonchev–Trinajstić information content (AvgIpc) is 3.07. The van der Waals surface area contributed by atoms with Gasteiger partial charge in [-0.15, -0.1) is 0 Å². The first kappa shape index (κ1) is 18.6. The normalized spacial score (nSPS) is 11.3. The smallest absolute Gasteiger partial charge is 0.241 e. The fourth-order valence-corrected chi connectivity index (χ4v) is 3.50. The van der Waals surface area contributed by atoms with Gasteiger partial charge in [0.25, 0.3) is 0 Å². The number of carbonyl (C=O) groups is 1. The van der Waals surface area contributed by atoms with E-state index in [2.05, 4.69) is 39.4 Å². The van der Waals surface area contributed by atoms with Crippen molar-refractivity contribution < 1.29 is 14.6 Å². The van der Waals surface area contributed by atoms with Crippen LogP contribution in [0, 0.1) is 0 Å². The second kappa shape index (κ2) is 8.06. The summed E-state index contributed by atoms with van der Waals surface area (Å²) in [5, 5.41) is 16.4. The maximum Gasteiger partial charge on any atom is 0.241 e. The van der Waals surface area contributed by atoms with E-state index >= 15 is 0 Å². The maximum atomic E-state index is 12.3. The molecule has 1 heterocycles. The van der Waals surface area contributed by atoms with Gasteiger partial charge in [0, 0.05) is 40.3 Å². The molecule has 0 aliphatic carbocycles. The van der Waals surface area contributed by atoms with E-state index in [4.69, 9.17) is 4.74 Å². The lowest BCUT2D eigenvalue weighted by Crippen LogP contribution is -2.19. The molecule has 0 aliphatic rings. The Bertz CT molecular complexity index is 1160. The van der Waals surface area contributed by atoms with E-state index in [1.54, 1.807) is 18.2 Å². The van der Waals surface area contributed by atoms with Gasteiger partial charge >= 0.3 is 0 Å². The molecule has 2 N–H and O–H groups in total. The molecule has 0 saturated heterocycles. The Labute approximate surface area is 168 Å². The van der Waals surface area contributed by atoms with Crippen LogP contribution in [0.3, 0.4) is 0 Å². The molecule has 6 nitrogen and oxygen atoms in total. The molecule has 4 rings (SSSR count). The van der Waals surface area contributed by atoms with Gasteiger partial charge in [-0.05, 0) is 24.3 Å². The van der Waals surface area contributed by atoms with E-state index < -0.39 is 0 Å². The number of benzene rings is 3. The van der Waals surface area contributed by atoms with Gasteiger partial charge in [0.1, 0.15) is 0 Å². The fraction of sp³-hybridized carbons (Fsp3) is 0.130. The lowest BCUT2D eigenvalue weighted by Gasteiger charge is -2.07. The number of nitrogens with zero attached hydrogens (tertiary/aromatic N) is 2. The van der Waals surface area contributed by atoms with Crippen LogP contribution >= 0.6 is 0 Å². The third-order valence-corrected chi connectivity index (χ3v) is 4.89. The van der Waals surface area contributed by atoms with Crippen molar-refractivity contribution >= 4 is 33.9 Å². The van der Waals surface area contributed by atoms with Crippen molar-refractivity contribution in [3.8, 4) is 11.5 Å². The molecule has 29 heavy (non-hydrogen) atoms. The number of amides is 1. The van der Waals surface area contributed by atoms with Crippen LogP contribution in [0.1, 0.15) is 12.0 Å². The molecule has 0 aliphatic heterocycles. The first-order valence-corrected chi connectivity index (χ1v) is 9.33. The first-order chi connectivity index (χ1) is 14.2. The molecule has 0 saturated carbocycles. The van der Waals surface area contributed by atoms with E-state index in [-0.39, 0.29) is 18.1 Å². The van der Waals surface area contributed by atoms with Crippen molar-refractivity contribution in [3.63, 3.8) is 0 Å². The number of nitrogens with one attached hydrogen (secondary N) is 1. The Hall–Kier alpha value is -3.80. The van der Waals surface area contributed by atoms with Gasteiger partial charge in [0.2, 0.25) is 5.91 Å². The van der Waals surface area contributed by atoms with Crippen molar-refractivity contribution in [1.29, 1.82) is 0 Å². The molecule has 0 fully saturated rings. The van der Waals surface area contributed by atoms with Crippen LogP contribution < -0.4 is 10.2 Å². The molecule has 0 bridgehead atoms. The molecular formula is C23H21N3O3. The highest BCUT2D eigenvalue weighted by Crippen LogP contribution is 2.29. The maximum absolute atomic E-state index is 12.3. The van der Waals surface area contributed by atoms with Gasteiger partial charge in [-0.2, -0.15) is 5.10 Å².